The van der Waals surface area contributed by atoms with Crippen molar-refractivity contribution < 1.29 is 23.5 Å². The average Bonchev–Trinajstić information content (AvgIpc) is 3.48. The second kappa shape index (κ2) is 8.04. The van der Waals surface area contributed by atoms with Crippen molar-refractivity contribution in [1.29, 1.82) is 0 Å². The van der Waals surface area contributed by atoms with Crippen molar-refractivity contribution in [2.24, 2.45) is 0 Å². The fourth-order valence-corrected chi connectivity index (χ4v) is 4.02. The zero-order valence-electron chi connectivity index (χ0n) is 15.5. The maximum absolute atomic E-state index is 13.9. The Bertz CT molecular complexity index is 1020. The first-order chi connectivity index (χ1) is 14.1. The molecular formula is C20H18FN3O4S. The van der Waals surface area contributed by atoms with Crippen LogP contribution in [0.15, 0.2) is 47.8 Å². The number of methoxy groups -OCH3 is 1. The van der Waals surface area contributed by atoms with E-state index in [9.17, 15) is 14.0 Å². The summed E-state index contributed by atoms with van der Waals surface area (Å²) in [4.78, 5) is 27.6. The van der Waals surface area contributed by atoms with E-state index in [0.717, 1.165) is 10.6 Å². The Kier molecular flexibility index (Phi) is 5.30. The molecule has 1 aromatic carbocycles. The maximum atomic E-state index is 13.9. The van der Waals surface area contributed by atoms with Gasteiger partial charge in [-0.05, 0) is 29.6 Å². The van der Waals surface area contributed by atoms with E-state index >= 15 is 0 Å². The SMILES string of the molecule is COC(=O)C1CC(Oc2ccccc2F)CN1C(=O)c1cc(-c2cccs2)[nH]n1. The van der Waals surface area contributed by atoms with Crippen LogP contribution in [0.4, 0.5) is 4.39 Å². The molecule has 0 saturated carbocycles. The maximum Gasteiger partial charge on any atom is 0.328 e. The number of thiophene rings is 1. The number of esters is 1. The highest BCUT2D eigenvalue weighted by molar-refractivity contribution is 7.13. The molecule has 1 amide bonds. The van der Waals surface area contributed by atoms with Gasteiger partial charge in [-0.15, -0.1) is 11.3 Å². The van der Waals surface area contributed by atoms with Crippen molar-refractivity contribution in [2.45, 2.75) is 18.6 Å². The molecule has 29 heavy (non-hydrogen) atoms. The summed E-state index contributed by atoms with van der Waals surface area (Å²) in [6, 6.07) is 10.7. The summed E-state index contributed by atoms with van der Waals surface area (Å²) in [6.45, 7) is 0.119. The highest BCUT2D eigenvalue weighted by atomic mass is 32.1. The minimum Gasteiger partial charge on any atom is -0.485 e. The standard InChI is InChI=1S/C20H18FN3O4S/c1-27-20(26)16-9-12(28-17-6-3-2-5-13(17)21)11-24(16)19(25)15-10-14(22-23-15)18-7-4-8-29-18/h2-8,10,12,16H,9,11H2,1H3,(H,22,23). The molecule has 0 spiro atoms. The Balaban J connectivity index is 1.54. The van der Waals surface area contributed by atoms with Crippen LogP contribution in [0.5, 0.6) is 5.75 Å². The van der Waals surface area contributed by atoms with E-state index in [1.807, 2.05) is 17.5 Å². The molecule has 1 N–H and O–H groups in total. The van der Waals surface area contributed by atoms with Gasteiger partial charge < -0.3 is 14.4 Å². The van der Waals surface area contributed by atoms with Crippen molar-refractivity contribution in [1.82, 2.24) is 15.1 Å². The number of ether oxygens (including phenoxy) is 2. The normalized spacial score (nSPS) is 18.6. The first-order valence-electron chi connectivity index (χ1n) is 8.96. The smallest absolute Gasteiger partial charge is 0.328 e. The lowest BCUT2D eigenvalue weighted by Crippen LogP contribution is -2.41. The molecule has 150 valence electrons. The Morgan fingerprint density at radius 1 is 1.28 bits per heavy atom. The van der Waals surface area contributed by atoms with Crippen LogP contribution < -0.4 is 4.74 Å². The summed E-state index contributed by atoms with van der Waals surface area (Å²) < 4.78 is 24.5. The number of nitrogens with one attached hydrogen (secondary N) is 1. The van der Waals surface area contributed by atoms with Gasteiger partial charge in [-0.1, -0.05) is 18.2 Å². The Labute approximate surface area is 170 Å². The van der Waals surface area contributed by atoms with Gasteiger partial charge in [0.25, 0.3) is 5.91 Å². The van der Waals surface area contributed by atoms with Crippen LogP contribution in [-0.2, 0) is 9.53 Å². The van der Waals surface area contributed by atoms with E-state index in [4.69, 9.17) is 9.47 Å². The van der Waals surface area contributed by atoms with Crippen LogP contribution in [0.2, 0.25) is 0 Å². The molecule has 2 aromatic heterocycles. The van der Waals surface area contributed by atoms with Crippen LogP contribution in [-0.4, -0.2) is 52.8 Å². The van der Waals surface area contributed by atoms with Gasteiger partial charge in [0.1, 0.15) is 12.1 Å². The Morgan fingerprint density at radius 2 is 2.10 bits per heavy atom. The quantitative estimate of drug-likeness (QED) is 0.648. The lowest BCUT2D eigenvalue weighted by atomic mass is 10.2. The van der Waals surface area contributed by atoms with Crippen LogP contribution in [0, 0.1) is 5.82 Å². The third-order valence-corrected chi connectivity index (χ3v) is 5.61. The Morgan fingerprint density at radius 3 is 2.83 bits per heavy atom. The van der Waals surface area contributed by atoms with Gasteiger partial charge in [0, 0.05) is 6.42 Å². The van der Waals surface area contributed by atoms with Crippen LogP contribution in [0.3, 0.4) is 0 Å². The molecular weight excluding hydrogens is 397 g/mol. The minimum atomic E-state index is -0.828. The predicted octanol–water partition coefficient (Wildman–Crippen LogP) is 3.11. The molecule has 1 saturated heterocycles. The van der Waals surface area contributed by atoms with Crippen LogP contribution >= 0.6 is 11.3 Å². The molecule has 2 atom stereocenters. The van der Waals surface area contributed by atoms with E-state index in [-0.39, 0.29) is 24.4 Å². The fourth-order valence-electron chi connectivity index (χ4n) is 3.32. The summed E-state index contributed by atoms with van der Waals surface area (Å²) >= 11 is 1.52. The first-order valence-corrected chi connectivity index (χ1v) is 9.84. The third-order valence-electron chi connectivity index (χ3n) is 4.71. The number of nitrogens with zero attached hydrogens (tertiary/aromatic N) is 2. The molecule has 4 rings (SSSR count). The van der Waals surface area contributed by atoms with E-state index in [2.05, 4.69) is 10.2 Å². The number of amides is 1. The van der Waals surface area contributed by atoms with Gasteiger partial charge in [0.05, 0.1) is 24.2 Å². The first kappa shape index (κ1) is 19.1. The molecule has 2 unspecified atom stereocenters. The zero-order chi connectivity index (χ0) is 20.4. The van der Waals surface area contributed by atoms with E-state index in [0.29, 0.717) is 0 Å². The molecule has 1 fully saturated rings. The second-order valence-electron chi connectivity index (χ2n) is 6.55. The summed E-state index contributed by atoms with van der Waals surface area (Å²) in [6.07, 6.45) is -0.342. The van der Waals surface area contributed by atoms with E-state index in [1.165, 1.54) is 35.5 Å². The molecule has 0 bridgehead atoms. The minimum absolute atomic E-state index is 0.0789. The van der Waals surface area contributed by atoms with Gasteiger partial charge in [-0.25, -0.2) is 9.18 Å². The predicted molar refractivity (Wildman–Crippen MR) is 104 cm³/mol. The van der Waals surface area contributed by atoms with Gasteiger partial charge in [0.15, 0.2) is 17.3 Å². The number of hydrogen-bond donors (Lipinski definition) is 1. The number of para-hydroxylation sites is 1. The number of likely N-dealkylation sites (tertiary alicyclic amines) is 1. The van der Waals surface area contributed by atoms with E-state index in [1.54, 1.807) is 18.2 Å². The molecule has 1 aliphatic rings. The molecule has 9 heteroatoms. The van der Waals surface area contributed by atoms with Gasteiger partial charge in [-0.3, -0.25) is 9.89 Å². The summed E-state index contributed by atoms with van der Waals surface area (Å²) in [5, 5.41) is 8.87. The number of benzene rings is 1. The van der Waals surface area contributed by atoms with Crippen LogP contribution in [0.1, 0.15) is 16.9 Å². The van der Waals surface area contributed by atoms with Gasteiger partial charge >= 0.3 is 5.97 Å². The molecule has 0 aliphatic carbocycles. The molecule has 7 nitrogen and oxygen atoms in total. The summed E-state index contributed by atoms with van der Waals surface area (Å²) in [5.41, 5.74) is 0.908. The number of rotatable bonds is 5. The molecule has 0 radical (unpaired) electrons. The summed E-state index contributed by atoms with van der Waals surface area (Å²) in [7, 11) is 1.26. The van der Waals surface area contributed by atoms with Crippen molar-refractivity contribution in [2.75, 3.05) is 13.7 Å². The van der Waals surface area contributed by atoms with Crippen LogP contribution in [0.25, 0.3) is 10.6 Å². The average molecular weight is 415 g/mol. The molecule has 3 heterocycles. The van der Waals surface area contributed by atoms with Crippen molar-refractivity contribution >= 4 is 23.2 Å². The summed E-state index contributed by atoms with van der Waals surface area (Å²) in [5.74, 6) is -1.39. The van der Waals surface area contributed by atoms with Gasteiger partial charge in [-0.2, -0.15) is 5.10 Å². The lowest BCUT2D eigenvalue weighted by Gasteiger charge is -2.21. The third kappa shape index (κ3) is 3.86. The lowest BCUT2D eigenvalue weighted by molar-refractivity contribution is -0.145. The number of H-pyrrole nitrogens is 1. The number of carbonyl (C=O) groups is 2. The fraction of sp³-hybridized carbons (Fsp3) is 0.250. The number of aromatic amines is 1. The number of halogens is 1. The second-order valence-corrected chi connectivity index (χ2v) is 7.49. The zero-order valence-corrected chi connectivity index (χ0v) is 16.3. The Hall–Kier alpha value is -3.20. The highest BCUT2D eigenvalue weighted by Crippen LogP contribution is 2.28. The number of aromatic nitrogens is 2. The van der Waals surface area contributed by atoms with Crippen molar-refractivity contribution in [3.05, 3.63) is 59.4 Å². The van der Waals surface area contributed by atoms with Crippen molar-refractivity contribution in [3.8, 4) is 16.3 Å². The highest BCUT2D eigenvalue weighted by Gasteiger charge is 2.42. The van der Waals surface area contributed by atoms with Gasteiger partial charge in [0.2, 0.25) is 0 Å². The molecule has 3 aromatic rings. The topological polar surface area (TPSA) is 84.5 Å². The van der Waals surface area contributed by atoms with E-state index < -0.39 is 29.8 Å². The number of carbonyl (C=O) groups excluding carboxylic acids is 2. The largest absolute Gasteiger partial charge is 0.485 e. The monoisotopic (exact) mass is 415 g/mol. The van der Waals surface area contributed by atoms with Crippen molar-refractivity contribution in [3.63, 3.8) is 0 Å². The number of hydrogen-bond acceptors (Lipinski definition) is 6. The molecule has 1 aliphatic heterocycles.